The number of hydrogen-bond acceptors (Lipinski definition) is 4. The Morgan fingerprint density at radius 1 is 1.22 bits per heavy atom. The van der Waals surface area contributed by atoms with Crippen LogP contribution in [0.1, 0.15) is 12.7 Å². The quantitative estimate of drug-likeness (QED) is 0.584. The van der Waals surface area contributed by atoms with Crippen LogP contribution >= 0.6 is 0 Å². The fraction of sp³-hybridized carbons (Fsp3) is 0.533. The molecule has 0 aliphatic carbocycles. The molecule has 0 aromatic carbocycles. The van der Waals surface area contributed by atoms with Crippen LogP contribution in [0.4, 0.5) is 0 Å². The van der Waals surface area contributed by atoms with E-state index in [9.17, 15) is 9.59 Å². The monoisotopic (exact) mass is 321 g/mol. The molecule has 0 atom stereocenters. The van der Waals surface area contributed by atoms with Crippen molar-refractivity contribution in [2.45, 2.75) is 13.5 Å². The van der Waals surface area contributed by atoms with Gasteiger partial charge < -0.3 is 24.9 Å². The van der Waals surface area contributed by atoms with Gasteiger partial charge in [0.05, 0.1) is 19.4 Å². The zero-order valence-corrected chi connectivity index (χ0v) is 13.5. The molecule has 2 rings (SSSR count). The zero-order chi connectivity index (χ0) is 16.7. The van der Waals surface area contributed by atoms with E-state index < -0.39 is 0 Å². The van der Waals surface area contributed by atoms with Crippen LogP contribution in [0, 0.1) is 0 Å². The summed E-state index contributed by atoms with van der Waals surface area (Å²) in [5.41, 5.74) is 0. The summed E-state index contributed by atoms with van der Waals surface area (Å²) in [4.78, 5) is 31.2. The molecule has 0 radical (unpaired) electrons. The summed E-state index contributed by atoms with van der Waals surface area (Å²) >= 11 is 0. The van der Waals surface area contributed by atoms with Crippen LogP contribution in [0.5, 0.6) is 0 Å². The lowest BCUT2D eigenvalue weighted by molar-refractivity contribution is -0.130. The molecule has 0 bridgehead atoms. The molecule has 8 nitrogen and oxygen atoms in total. The Balaban J connectivity index is 1.72. The van der Waals surface area contributed by atoms with E-state index in [-0.39, 0.29) is 18.4 Å². The second-order valence-electron chi connectivity index (χ2n) is 5.25. The minimum absolute atomic E-state index is 0.0879. The topological polar surface area (TPSA) is 90.2 Å². The van der Waals surface area contributed by atoms with Crippen LogP contribution in [0.2, 0.25) is 0 Å². The lowest BCUT2D eigenvalue weighted by atomic mass is 10.3. The molecule has 0 spiro atoms. The summed E-state index contributed by atoms with van der Waals surface area (Å²) in [6.07, 6.45) is 1.57. The van der Waals surface area contributed by atoms with Crippen LogP contribution in [0.3, 0.4) is 0 Å². The van der Waals surface area contributed by atoms with E-state index in [1.165, 1.54) is 0 Å². The van der Waals surface area contributed by atoms with Crippen molar-refractivity contribution in [3.63, 3.8) is 0 Å². The molecule has 1 aromatic heterocycles. The molecule has 2 N–H and O–H groups in total. The van der Waals surface area contributed by atoms with Gasteiger partial charge in [-0.05, 0) is 12.1 Å². The van der Waals surface area contributed by atoms with Crippen molar-refractivity contribution < 1.29 is 14.0 Å². The lowest BCUT2D eigenvalue weighted by Crippen LogP contribution is -2.54. The molecule has 0 saturated carbocycles. The number of guanidine groups is 1. The number of amides is 2. The van der Waals surface area contributed by atoms with Gasteiger partial charge in [-0.3, -0.25) is 14.6 Å². The Hall–Kier alpha value is -2.51. The Labute approximate surface area is 135 Å². The minimum Gasteiger partial charge on any atom is -0.467 e. The van der Waals surface area contributed by atoms with E-state index in [1.54, 1.807) is 37.3 Å². The highest BCUT2D eigenvalue weighted by Crippen LogP contribution is 2.02. The average Bonchev–Trinajstić information content (AvgIpc) is 3.07. The first-order chi connectivity index (χ1) is 11.1. The molecular weight excluding hydrogens is 298 g/mol. The molecule has 1 fully saturated rings. The summed E-state index contributed by atoms with van der Waals surface area (Å²) in [6.45, 7) is 4.82. The number of carbonyl (C=O) groups excluding carboxylic acids is 2. The second kappa shape index (κ2) is 8.21. The van der Waals surface area contributed by atoms with E-state index >= 15 is 0 Å². The Kier molecular flexibility index (Phi) is 6.02. The maximum Gasteiger partial charge on any atom is 0.239 e. The van der Waals surface area contributed by atoms with E-state index in [0.717, 1.165) is 0 Å². The zero-order valence-electron chi connectivity index (χ0n) is 13.5. The molecule has 1 saturated heterocycles. The lowest BCUT2D eigenvalue weighted by Gasteiger charge is -2.36. The molecule has 2 amide bonds. The molecule has 1 aliphatic heterocycles. The first kappa shape index (κ1) is 16.9. The number of carbonyl (C=O) groups is 2. The van der Waals surface area contributed by atoms with Gasteiger partial charge in [-0.25, -0.2) is 0 Å². The van der Waals surface area contributed by atoms with Crippen molar-refractivity contribution in [2.75, 3.05) is 39.8 Å². The molecule has 23 heavy (non-hydrogen) atoms. The van der Waals surface area contributed by atoms with Crippen LogP contribution in [0.15, 0.2) is 27.8 Å². The predicted molar refractivity (Wildman–Crippen MR) is 85.7 cm³/mol. The SMILES string of the molecule is CN=C(NCC(=O)NCc1ccco1)N1CCN(C(C)=O)CC1. The van der Waals surface area contributed by atoms with Crippen LogP contribution in [0.25, 0.3) is 0 Å². The van der Waals surface area contributed by atoms with Crippen molar-refractivity contribution in [1.82, 2.24) is 20.4 Å². The Morgan fingerprint density at radius 3 is 2.48 bits per heavy atom. The number of aliphatic imine (C=N–C) groups is 1. The fourth-order valence-electron chi connectivity index (χ4n) is 2.39. The normalized spacial score (nSPS) is 15.5. The number of furan rings is 1. The summed E-state index contributed by atoms with van der Waals surface area (Å²) in [5.74, 6) is 1.33. The summed E-state index contributed by atoms with van der Waals surface area (Å²) in [6, 6.07) is 3.59. The van der Waals surface area contributed by atoms with Crippen LogP contribution in [-0.2, 0) is 16.1 Å². The third-order valence-corrected chi connectivity index (χ3v) is 3.68. The maximum absolute atomic E-state index is 11.8. The van der Waals surface area contributed by atoms with Gasteiger partial charge in [0.2, 0.25) is 11.8 Å². The van der Waals surface area contributed by atoms with Gasteiger partial charge in [0.25, 0.3) is 0 Å². The molecule has 2 heterocycles. The molecule has 126 valence electrons. The van der Waals surface area contributed by atoms with E-state index in [0.29, 0.717) is 44.4 Å². The summed E-state index contributed by atoms with van der Waals surface area (Å²) < 4.78 is 5.16. The largest absolute Gasteiger partial charge is 0.467 e. The third kappa shape index (κ3) is 5.01. The van der Waals surface area contributed by atoms with Crippen molar-refractivity contribution in [3.8, 4) is 0 Å². The number of rotatable bonds is 4. The number of nitrogens with zero attached hydrogens (tertiary/aromatic N) is 3. The number of hydrogen-bond donors (Lipinski definition) is 2. The van der Waals surface area contributed by atoms with Gasteiger partial charge in [0, 0.05) is 40.2 Å². The Morgan fingerprint density at radius 2 is 1.91 bits per heavy atom. The highest BCUT2D eigenvalue weighted by Gasteiger charge is 2.21. The average molecular weight is 321 g/mol. The smallest absolute Gasteiger partial charge is 0.239 e. The molecule has 1 aliphatic rings. The van der Waals surface area contributed by atoms with E-state index in [2.05, 4.69) is 15.6 Å². The van der Waals surface area contributed by atoms with E-state index in [4.69, 9.17) is 4.42 Å². The minimum atomic E-state index is -0.134. The Bertz CT molecular complexity index is 547. The van der Waals surface area contributed by atoms with Crippen molar-refractivity contribution in [3.05, 3.63) is 24.2 Å². The highest BCUT2D eigenvalue weighted by atomic mass is 16.3. The fourth-order valence-corrected chi connectivity index (χ4v) is 2.39. The molecular formula is C15H23N5O3. The predicted octanol–water partition coefficient (Wildman–Crippen LogP) is -0.365. The number of piperazine rings is 1. The summed E-state index contributed by atoms with van der Waals surface area (Å²) in [5, 5.41) is 5.81. The first-order valence-corrected chi connectivity index (χ1v) is 7.60. The highest BCUT2D eigenvalue weighted by molar-refractivity contribution is 5.86. The number of nitrogens with one attached hydrogen (secondary N) is 2. The maximum atomic E-state index is 11.8. The van der Waals surface area contributed by atoms with Crippen molar-refractivity contribution in [2.24, 2.45) is 4.99 Å². The van der Waals surface area contributed by atoms with E-state index in [1.807, 2.05) is 4.90 Å². The second-order valence-corrected chi connectivity index (χ2v) is 5.25. The molecule has 8 heteroatoms. The van der Waals surface area contributed by atoms with Gasteiger partial charge in [0.15, 0.2) is 5.96 Å². The van der Waals surface area contributed by atoms with Crippen molar-refractivity contribution >= 4 is 17.8 Å². The van der Waals surface area contributed by atoms with Gasteiger partial charge in [-0.15, -0.1) is 0 Å². The van der Waals surface area contributed by atoms with Crippen LogP contribution in [-0.4, -0.2) is 67.3 Å². The van der Waals surface area contributed by atoms with Gasteiger partial charge in [0.1, 0.15) is 5.76 Å². The third-order valence-electron chi connectivity index (χ3n) is 3.68. The van der Waals surface area contributed by atoms with Gasteiger partial charge in [-0.2, -0.15) is 0 Å². The molecule has 1 aromatic rings. The summed E-state index contributed by atoms with van der Waals surface area (Å²) in [7, 11) is 1.68. The standard InChI is InChI=1S/C15H23N5O3/c1-12(21)19-5-7-20(8-6-19)15(16-2)18-11-14(22)17-10-13-4-3-9-23-13/h3-4,9H,5-8,10-11H2,1-2H3,(H,16,18)(H,17,22). The van der Waals surface area contributed by atoms with Gasteiger partial charge >= 0.3 is 0 Å². The van der Waals surface area contributed by atoms with Crippen molar-refractivity contribution in [1.29, 1.82) is 0 Å². The van der Waals surface area contributed by atoms with Crippen LogP contribution < -0.4 is 10.6 Å². The molecule has 0 unspecified atom stereocenters. The first-order valence-electron chi connectivity index (χ1n) is 7.60. The van der Waals surface area contributed by atoms with Gasteiger partial charge in [-0.1, -0.05) is 0 Å².